The fraction of sp³-hybridized carbons (Fsp3) is 0. The number of thiophene rings is 1. The van der Waals surface area contributed by atoms with Crippen LogP contribution < -0.4 is 0 Å². The molecule has 45 heavy (non-hydrogen) atoms. The second kappa shape index (κ2) is 9.36. The fourth-order valence-electron chi connectivity index (χ4n) is 6.75. The first-order valence-corrected chi connectivity index (χ1v) is 15.5. The van der Waals surface area contributed by atoms with Gasteiger partial charge in [0.05, 0.1) is 49.5 Å². The van der Waals surface area contributed by atoms with Crippen LogP contribution in [-0.4, -0.2) is 19.1 Å². The first-order chi connectivity index (χ1) is 24.4. The first-order valence-electron chi connectivity index (χ1n) is 17.2. The van der Waals surface area contributed by atoms with E-state index in [4.69, 9.17) is 16.8 Å². The molecule has 0 saturated carbocycles. The van der Waals surface area contributed by atoms with Crippen molar-refractivity contribution in [1.82, 2.24) is 19.1 Å². The van der Waals surface area contributed by atoms with Crippen molar-refractivity contribution in [2.45, 2.75) is 0 Å². The molecule has 4 nitrogen and oxygen atoms in total. The molecule has 0 unspecified atom stereocenters. The zero-order valence-corrected chi connectivity index (χ0v) is 24.5. The molecule has 6 aromatic carbocycles. The molecule has 10 rings (SSSR count). The Morgan fingerprint density at radius 1 is 0.511 bits per heavy atom. The van der Waals surface area contributed by atoms with E-state index in [0.29, 0.717) is 22.5 Å². The Bertz CT molecular complexity index is 3020. The Morgan fingerprint density at radius 3 is 1.96 bits per heavy atom. The second-order valence-corrected chi connectivity index (χ2v) is 12.1. The van der Waals surface area contributed by atoms with Crippen LogP contribution in [0.25, 0.3) is 86.8 Å². The van der Waals surface area contributed by atoms with Crippen molar-refractivity contribution < 1.29 is 6.85 Å². The third-order valence-electron chi connectivity index (χ3n) is 8.62. The number of hydrogen-bond acceptors (Lipinski definition) is 3. The standard InChI is InChI=1S/C40H24N4S/c1-3-13-25(14-4-1)35-29-18-7-10-20-32(29)41-40(42-35)44-33-21-11-8-17-27(33)28-23-24-31-37-38(45-39(31)36(28)44)30-19-9-12-22-34(30)43(37)26-15-5-2-6-16-26/h1-24H/i1D,3D,4D,13D,14D. The zero-order valence-electron chi connectivity index (χ0n) is 28.7. The molecule has 210 valence electrons. The van der Waals surface area contributed by atoms with Crippen LogP contribution in [0.15, 0.2) is 145 Å². The van der Waals surface area contributed by atoms with Gasteiger partial charge in [-0.2, -0.15) is 0 Å². The minimum atomic E-state index is -0.441. The normalized spacial score (nSPS) is 13.6. The van der Waals surface area contributed by atoms with Gasteiger partial charge in [0.2, 0.25) is 5.95 Å². The topological polar surface area (TPSA) is 35.6 Å². The highest BCUT2D eigenvalue weighted by Crippen LogP contribution is 2.47. The van der Waals surface area contributed by atoms with Gasteiger partial charge < -0.3 is 4.57 Å². The molecule has 4 aromatic heterocycles. The summed E-state index contributed by atoms with van der Waals surface area (Å²) in [6.45, 7) is 0. The largest absolute Gasteiger partial charge is 0.308 e. The summed E-state index contributed by atoms with van der Waals surface area (Å²) in [5.41, 5.74) is 6.17. The van der Waals surface area contributed by atoms with E-state index in [0.717, 1.165) is 48.6 Å². The van der Waals surface area contributed by atoms with E-state index in [2.05, 4.69) is 81.9 Å². The SMILES string of the molecule is [2H]c1c([2H])c([2H])c(-c2nc(-n3c4ccccc4c4ccc5c(sc6c7ccccc7n(-c7ccccc7)c56)c43)nc3ccccc23)c([2H])c1[2H]. The van der Waals surface area contributed by atoms with E-state index in [1.54, 1.807) is 11.3 Å². The van der Waals surface area contributed by atoms with Gasteiger partial charge in [-0.1, -0.05) is 115 Å². The van der Waals surface area contributed by atoms with Crippen LogP contribution in [0, 0.1) is 0 Å². The highest BCUT2D eigenvalue weighted by Gasteiger charge is 2.23. The Kier molecular flexibility index (Phi) is 4.21. The average Bonchev–Trinajstić information content (AvgIpc) is 3.80. The van der Waals surface area contributed by atoms with Crippen LogP contribution in [0.1, 0.15) is 6.85 Å². The molecule has 5 heteroatoms. The highest BCUT2D eigenvalue weighted by atomic mass is 32.1. The number of aromatic nitrogens is 4. The molecule has 0 amide bonds. The fourth-order valence-corrected chi connectivity index (χ4v) is 8.11. The predicted octanol–water partition coefficient (Wildman–Crippen LogP) is 10.7. The van der Waals surface area contributed by atoms with E-state index >= 15 is 0 Å². The van der Waals surface area contributed by atoms with Crippen molar-refractivity contribution in [2.24, 2.45) is 0 Å². The number of hydrogen-bond donors (Lipinski definition) is 0. The highest BCUT2D eigenvalue weighted by molar-refractivity contribution is 7.27. The van der Waals surface area contributed by atoms with Crippen molar-refractivity contribution in [2.75, 3.05) is 0 Å². The van der Waals surface area contributed by atoms with Crippen LogP contribution in [-0.2, 0) is 0 Å². The van der Waals surface area contributed by atoms with E-state index < -0.39 is 18.1 Å². The van der Waals surface area contributed by atoms with Crippen molar-refractivity contribution >= 4 is 75.3 Å². The van der Waals surface area contributed by atoms with Gasteiger partial charge in [-0.15, -0.1) is 11.3 Å². The van der Waals surface area contributed by atoms with Gasteiger partial charge >= 0.3 is 0 Å². The summed E-state index contributed by atoms with van der Waals surface area (Å²) in [4.78, 5) is 10.2. The Morgan fingerprint density at radius 2 is 1.13 bits per heavy atom. The van der Waals surface area contributed by atoms with Crippen LogP contribution in [0.4, 0.5) is 0 Å². The maximum atomic E-state index is 8.82. The maximum Gasteiger partial charge on any atom is 0.235 e. The molecule has 0 aliphatic heterocycles. The molecule has 0 radical (unpaired) electrons. The molecule has 4 heterocycles. The van der Waals surface area contributed by atoms with Crippen molar-refractivity contribution in [1.29, 1.82) is 0 Å². The van der Waals surface area contributed by atoms with Crippen molar-refractivity contribution in [3.8, 4) is 22.9 Å². The number of fused-ring (bicyclic) bond motifs is 10. The van der Waals surface area contributed by atoms with E-state index in [-0.39, 0.29) is 17.6 Å². The van der Waals surface area contributed by atoms with Crippen LogP contribution in [0.5, 0.6) is 0 Å². The van der Waals surface area contributed by atoms with Gasteiger partial charge in [-0.05, 0) is 30.3 Å². The minimum Gasteiger partial charge on any atom is -0.308 e. The summed E-state index contributed by atoms with van der Waals surface area (Å²) in [5.74, 6) is 0.359. The van der Waals surface area contributed by atoms with Crippen LogP contribution in [0.2, 0.25) is 0 Å². The number of benzene rings is 6. The summed E-state index contributed by atoms with van der Waals surface area (Å²) < 4.78 is 49.3. The van der Waals surface area contributed by atoms with Crippen LogP contribution in [0.3, 0.4) is 0 Å². The second-order valence-electron chi connectivity index (χ2n) is 11.0. The number of para-hydroxylation sites is 4. The molecule has 0 spiro atoms. The lowest BCUT2D eigenvalue weighted by Crippen LogP contribution is -2.03. The summed E-state index contributed by atoms with van der Waals surface area (Å²) in [6, 6.07) is 37.1. The molecule has 10 aromatic rings. The summed E-state index contributed by atoms with van der Waals surface area (Å²) >= 11 is 1.75. The molecule has 0 bridgehead atoms. The van der Waals surface area contributed by atoms with Crippen molar-refractivity contribution in [3.05, 3.63) is 145 Å². The molecule has 0 aliphatic rings. The number of rotatable bonds is 3. The molecular weight excluding hydrogens is 569 g/mol. The lowest BCUT2D eigenvalue weighted by Gasteiger charge is -2.12. The monoisotopic (exact) mass is 597 g/mol. The van der Waals surface area contributed by atoms with Gasteiger partial charge in [0.25, 0.3) is 0 Å². The summed E-state index contributed by atoms with van der Waals surface area (Å²) in [5, 5.41) is 4.97. The van der Waals surface area contributed by atoms with E-state index in [9.17, 15) is 0 Å². The lowest BCUT2D eigenvalue weighted by molar-refractivity contribution is 1.02. The van der Waals surface area contributed by atoms with Crippen molar-refractivity contribution in [3.63, 3.8) is 0 Å². The van der Waals surface area contributed by atoms with Gasteiger partial charge in [0.1, 0.15) is 0 Å². The lowest BCUT2D eigenvalue weighted by atomic mass is 10.1. The summed E-state index contributed by atoms with van der Waals surface area (Å²) in [6.07, 6.45) is 0. The van der Waals surface area contributed by atoms with E-state index in [1.165, 1.54) is 10.1 Å². The van der Waals surface area contributed by atoms with Gasteiger partial charge in [0.15, 0.2) is 0 Å². The molecule has 0 atom stereocenters. The molecule has 0 aliphatic carbocycles. The average molecular weight is 598 g/mol. The zero-order chi connectivity index (χ0) is 33.8. The van der Waals surface area contributed by atoms with Gasteiger partial charge in [-0.3, -0.25) is 4.57 Å². The third-order valence-corrected chi connectivity index (χ3v) is 9.86. The Balaban J connectivity index is 1.37. The van der Waals surface area contributed by atoms with Gasteiger partial charge in [0, 0.05) is 38.2 Å². The quantitative estimate of drug-likeness (QED) is 0.203. The minimum absolute atomic E-state index is 0.0481. The maximum absolute atomic E-state index is 8.82. The van der Waals surface area contributed by atoms with Gasteiger partial charge in [-0.25, -0.2) is 9.97 Å². The summed E-state index contributed by atoms with van der Waals surface area (Å²) in [7, 11) is 0. The number of nitrogens with zero attached hydrogens (tertiary/aromatic N) is 4. The predicted molar refractivity (Wildman–Crippen MR) is 189 cm³/mol. The molecule has 0 fully saturated rings. The molecular formula is C40H24N4S. The molecule has 0 N–H and O–H groups in total. The first kappa shape index (κ1) is 20.2. The Hall–Kier alpha value is -5.78. The molecule has 0 saturated heterocycles. The smallest absolute Gasteiger partial charge is 0.235 e. The third kappa shape index (κ3) is 3.47. The van der Waals surface area contributed by atoms with E-state index in [1.807, 2.05) is 42.5 Å². The Labute approximate surface area is 269 Å². The van der Waals surface area contributed by atoms with Crippen LogP contribution >= 0.6 is 11.3 Å².